The molecule has 32 heavy (non-hydrogen) atoms. The van der Waals surface area contributed by atoms with Crippen LogP contribution in [0.3, 0.4) is 0 Å². The molecule has 168 valence electrons. The number of esters is 1. The van der Waals surface area contributed by atoms with Gasteiger partial charge in [0.25, 0.3) is 0 Å². The van der Waals surface area contributed by atoms with E-state index in [0.29, 0.717) is 18.7 Å². The van der Waals surface area contributed by atoms with Gasteiger partial charge in [0.05, 0.1) is 11.3 Å². The zero-order valence-electron chi connectivity index (χ0n) is 19.4. The maximum absolute atomic E-state index is 13.2. The molecule has 2 atom stereocenters. The fourth-order valence-electron chi connectivity index (χ4n) is 4.85. The number of carbonyl (C=O) groups is 2. The molecule has 5 heteroatoms. The molecule has 0 bridgehead atoms. The molecule has 1 spiro atoms. The van der Waals surface area contributed by atoms with Crippen LogP contribution < -0.4 is 0 Å². The second-order valence-corrected chi connectivity index (χ2v) is 10.2. The molecular formula is C27H31NO4. The molecule has 0 aromatic heterocycles. The van der Waals surface area contributed by atoms with Crippen molar-refractivity contribution >= 4 is 12.1 Å². The maximum Gasteiger partial charge on any atom is 0.411 e. The molecule has 4 rings (SSSR count). The third-order valence-electron chi connectivity index (χ3n) is 6.60. The van der Waals surface area contributed by atoms with E-state index in [0.717, 1.165) is 11.1 Å². The number of cyclic esters (lactones) is 1. The number of benzene rings is 2. The van der Waals surface area contributed by atoms with Gasteiger partial charge in [-0.25, -0.2) is 4.79 Å². The molecule has 1 saturated heterocycles. The number of hydrogen-bond acceptors (Lipinski definition) is 4. The van der Waals surface area contributed by atoms with Gasteiger partial charge in [0.15, 0.2) is 0 Å². The molecule has 1 amide bonds. The molecule has 2 aromatic carbocycles. The Morgan fingerprint density at radius 3 is 2.25 bits per heavy atom. The van der Waals surface area contributed by atoms with Crippen molar-refractivity contribution < 1.29 is 19.1 Å². The van der Waals surface area contributed by atoms with E-state index in [2.05, 4.69) is 0 Å². The number of amides is 1. The Morgan fingerprint density at radius 2 is 1.66 bits per heavy atom. The highest BCUT2D eigenvalue weighted by Crippen LogP contribution is 2.57. The molecule has 1 aliphatic heterocycles. The van der Waals surface area contributed by atoms with Crippen molar-refractivity contribution in [3.8, 4) is 0 Å². The molecule has 0 unspecified atom stereocenters. The predicted octanol–water partition coefficient (Wildman–Crippen LogP) is 5.82. The van der Waals surface area contributed by atoms with Crippen molar-refractivity contribution in [1.29, 1.82) is 0 Å². The van der Waals surface area contributed by atoms with E-state index in [4.69, 9.17) is 9.47 Å². The van der Waals surface area contributed by atoms with Gasteiger partial charge in [0.1, 0.15) is 16.9 Å². The number of nitrogens with zero attached hydrogens (tertiary/aromatic N) is 1. The van der Waals surface area contributed by atoms with Gasteiger partial charge >= 0.3 is 12.1 Å². The van der Waals surface area contributed by atoms with Gasteiger partial charge in [-0.15, -0.1) is 0 Å². The molecule has 0 radical (unpaired) electrons. The molecule has 0 N–H and O–H groups in total. The Labute approximate surface area is 190 Å². The van der Waals surface area contributed by atoms with Gasteiger partial charge < -0.3 is 9.47 Å². The van der Waals surface area contributed by atoms with Crippen molar-refractivity contribution in [2.24, 2.45) is 5.41 Å². The quantitative estimate of drug-likeness (QED) is 0.571. The average molecular weight is 434 g/mol. The predicted molar refractivity (Wildman–Crippen MR) is 123 cm³/mol. The molecule has 1 aliphatic carbocycles. The van der Waals surface area contributed by atoms with E-state index in [1.807, 2.05) is 106 Å². The number of carbonyl (C=O) groups excluding carboxylic acids is 2. The van der Waals surface area contributed by atoms with Crippen molar-refractivity contribution in [2.45, 2.75) is 64.6 Å². The first kappa shape index (κ1) is 22.1. The zero-order valence-corrected chi connectivity index (χ0v) is 19.4. The third kappa shape index (κ3) is 3.60. The topological polar surface area (TPSA) is 55.8 Å². The summed E-state index contributed by atoms with van der Waals surface area (Å²) in [4.78, 5) is 27.8. The van der Waals surface area contributed by atoms with E-state index in [1.54, 1.807) is 0 Å². The summed E-state index contributed by atoms with van der Waals surface area (Å²) in [5, 5.41) is 0. The molecule has 2 aliphatic rings. The van der Waals surface area contributed by atoms with E-state index < -0.39 is 16.6 Å². The number of hydrogen-bond donors (Lipinski definition) is 0. The Balaban J connectivity index is 1.82. The van der Waals surface area contributed by atoms with E-state index in [-0.39, 0.29) is 18.0 Å². The van der Waals surface area contributed by atoms with Crippen LogP contribution in [-0.2, 0) is 20.8 Å². The SMILES string of the molecule is CC(C)(C)C(=O)OC1=CC[C@]2([C@H]1c1ccccc1)N(Cc1ccccc1)C(=O)OC2(C)C. The van der Waals surface area contributed by atoms with Crippen LogP contribution in [0.1, 0.15) is 58.1 Å². The molecular weight excluding hydrogens is 402 g/mol. The van der Waals surface area contributed by atoms with E-state index in [1.165, 1.54) is 0 Å². The summed E-state index contributed by atoms with van der Waals surface area (Å²) >= 11 is 0. The lowest BCUT2D eigenvalue weighted by molar-refractivity contribution is -0.149. The van der Waals surface area contributed by atoms with Crippen LogP contribution in [0.25, 0.3) is 0 Å². The normalized spacial score (nSPS) is 24.4. The fourth-order valence-corrected chi connectivity index (χ4v) is 4.85. The van der Waals surface area contributed by atoms with Crippen molar-refractivity contribution in [2.75, 3.05) is 0 Å². The van der Waals surface area contributed by atoms with Crippen molar-refractivity contribution in [3.05, 3.63) is 83.6 Å². The highest BCUT2D eigenvalue weighted by molar-refractivity contribution is 5.78. The number of rotatable bonds is 4. The maximum atomic E-state index is 13.2. The van der Waals surface area contributed by atoms with E-state index in [9.17, 15) is 9.59 Å². The van der Waals surface area contributed by atoms with E-state index >= 15 is 0 Å². The van der Waals surface area contributed by atoms with Crippen molar-refractivity contribution in [3.63, 3.8) is 0 Å². The van der Waals surface area contributed by atoms with Crippen LogP contribution in [0.2, 0.25) is 0 Å². The Hall–Kier alpha value is -3.08. The van der Waals surface area contributed by atoms with Gasteiger partial charge in [-0.1, -0.05) is 60.7 Å². The Bertz CT molecular complexity index is 1040. The molecule has 5 nitrogen and oxygen atoms in total. The van der Waals surface area contributed by atoms with Crippen LogP contribution in [0, 0.1) is 5.41 Å². The van der Waals surface area contributed by atoms with Crippen LogP contribution in [0.5, 0.6) is 0 Å². The molecule has 0 saturated carbocycles. The summed E-state index contributed by atoms with van der Waals surface area (Å²) in [6.07, 6.45) is 2.14. The van der Waals surface area contributed by atoms with Crippen LogP contribution >= 0.6 is 0 Å². The minimum absolute atomic E-state index is 0.292. The summed E-state index contributed by atoms with van der Waals surface area (Å²) in [6, 6.07) is 19.8. The lowest BCUT2D eigenvalue weighted by Gasteiger charge is -2.45. The Kier molecular flexibility index (Phi) is 5.40. The zero-order chi connectivity index (χ0) is 23.1. The lowest BCUT2D eigenvalue weighted by atomic mass is 9.70. The smallest absolute Gasteiger partial charge is 0.411 e. The fraction of sp³-hybridized carbons (Fsp3) is 0.407. The largest absolute Gasteiger partial charge is 0.441 e. The number of ether oxygens (including phenoxy) is 2. The summed E-state index contributed by atoms with van der Waals surface area (Å²) in [7, 11) is 0. The third-order valence-corrected chi connectivity index (χ3v) is 6.60. The first-order valence-electron chi connectivity index (χ1n) is 11.1. The summed E-state index contributed by atoms with van der Waals surface area (Å²) in [5.74, 6) is -0.0416. The molecule has 1 heterocycles. The second-order valence-electron chi connectivity index (χ2n) is 10.2. The average Bonchev–Trinajstić information content (AvgIpc) is 3.20. The molecule has 1 fully saturated rings. The van der Waals surface area contributed by atoms with Gasteiger partial charge in [0.2, 0.25) is 0 Å². The summed E-state index contributed by atoms with van der Waals surface area (Å²) < 4.78 is 11.9. The van der Waals surface area contributed by atoms with Gasteiger partial charge in [-0.2, -0.15) is 0 Å². The van der Waals surface area contributed by atoms with Gasteiger partial charge in [-0.05, 0) is 58.2 Å². The summed E-state index contributed by atoms with van der Waals surface area (Å²) in [5.41, 5.74) is -0.157. The highest BCUT2D eigenvalue weighted by Gasteiger charge is 2.67. The van der Waals surface area contributed by atoms with Crippen molar-refractivity contribution in [1.82, 2.24) is 4.90 Å². The lowest BCUT2D eigenvalue weighted by Crippen LogP contribution is -2.58. The van der Waals surface area contributed by atoms with Crippen LogP contribution in [0.4, 0.5) is 4.79 Å². The second kappa shape index (κ2) is 7.80. The first-order valence-corrected chi connectivity index (χ1v) is 11.1. The van der Waals surface area contributed by atoms with Gasteiger partial charge in [0, 0.05) is 6.54 Å². The summed E-state index contributed by atoms with van der Waals surface area (Å²) in [6.45, 7) is 9.84. The minimum Gasteiger partial charge on any atom is -0.441 e. The van der Waals surface area contributed by atoms with Gasteiger partial charge in [-0.3, -0.25) is 9.69 Å². The minimum atomic E-state index is -0.800. The first-order chi connectivity index (χ1) is 15.1. The van der Waals surface area contributed by atoms with Crippen LogP contribution in [0.15, 0.2) is 72.5 Å². The highest BCUT2D eigenvalue weighted by atomic mass is 16.6. The monoisotopic (exact) mass is 433 g/mol. The Morgan fingerprint density at radius 1 is 1.06 bits per heavy atom. The van der Waals surface area contributed by atoms with Crippen LogP contribution in [-0.4, -0.2) is 28.1 Å². The standard InChI is InChI=1S/C27H31NO4/c1-25(2,3)23(29)31-21-16-17-27(22(21)20-14-10-7-11-15-20)26(4,5)32-24(30)28(27)18-19-12-8-6-9-13-19/h6-16,22H,17-18H2,1-5H3/t22-,27+/m0/s1. The molecule has 2 aromatic rings.